The summed E-state index contributed by atoms with van der Waals surface area (Å²) < 4.78 is 0. The minimum Gasteiger partial charge on any atom is -0.368 e. The monoisotopic (exact) mass is 181 g/mol. The molecule has 0 heterocycles. The standard InChI is InChI=1S/C6H15N3O.ClH/c1-4(7)2-3-5(8)6(9)10;/h4-5H,2-3,7-8H2,1H3,(H2,9,10);1H/t4?,5-;/m0./s1. The number of halogens is 1. The fourth-order valence-corrected chi connectivity index (χ4v) is 0.585. The predicted molar refractivity (Wildman–Crippen MR) is 47.3 cm³/mol. The van der Waals surface area contributed by atoms with Crippen LogP contribution in [0.1, 0.15) is 19.8 Å². The number of carbonyl (C=O) groups excluding carboxylic acids is 1. The van der Waals surface area contributed by atoms with Crippen molar-refractivity contribution >= 4 is 18.3 Å². The van der Waals surface area contributed by atoms with Gasteiger partial charge in [0.2, 0.25) is 5.91 Å². The molecular weight excluding hydrogens is 166 g/mol. The lowest BCUT2D eigenvalue weighted by atomic mass is 10.1. The van der Waals surface area contributed by atoms with Gasteiger partial charge in [0.25, 0.3) is 0 Å². The zero-order chi connectivity index (χ0) is 8.15. The highest BCUT2D eigenvalue weighted by atomic mass is 35.5. The summed E-state index contributed by atoms with van der Waals surface area (Å²) in [6.45, 7) is 1.87. The summed E-state index contributed by atoms with van der Waals surface area (Å²) in [4.78, 5) is 10.4. The summed E-state index contributed by atoms with van der Waals surface area (Å²) in [6, 6.07) is -0.448. The van der Waals surface area contributed by atoms with Crippen LogP contribution in [0.15, 0.2) is 0 Å². The predicted octanol–water partition coefficient (Wildman–Crippen LogP) is -0.652. The van der Waals surface area contributed by atoms with Gasteiger partial charge in [0.15, 0.2) is 0 Å². The summed E-state index contributed by atoms with van der Waals surface area (Å²) in [5, 5.41) is 0. The van der Waals surface area contributed by atoms with Crippen molar-refractivity contribution in [1.82, 2.24) is 0 Å². The zero-order valence-corrected chi connectivity index (χ0v) is 7.43. The molecule has 0 aliphatic carbocycles. The highest BCUT2D eigenvalue weighted by Gasteiger charge is 2.08. The minimum atomic E-state index is -0.536. The van der Waals surface area contributed by atoms with E-state index in [4.69, 9.17) is 17.2 Å². The van der Waals surface area contributed by atoms with Gasteiger partial charge in [0, 0.05) is 6.04 Å². The van der Waals surface area contributed by atoms with Gasteiger partial charge in [-0.25, -0.2) is 0 Å². The molecule has 0 saturated carbocycles. The quantitative estimate of drug-likeness (QED) is 0.538. The van der Waals surface area contributed by atoms with Gasteiger partial charge in [0.1, 0.15) is 0 Å². The average Bonchev–Trinajstić information content (AvgIpc) is 1.82. The Balaban J connectivity index is 0. The van der Waals surface area contributed by atoms with E-state index in [1.807, 2.05) is 6.92 Å². The third-order valence-electron chi connectivity index (χ3n) is 1.30. The van der Waals surface area contributed by atoms with Gasteiger partial charge in [-0.2, -0.15) is 0 Å². The molecule has 4 nitrogen and oxygen atoms in total. The Morgan fingerprint density at radius 1 is 1.36 bits per heavy atom. The third-order valence-corrected chi connectivity index (χ3v) is 1.30. The molecular formula is C6H16ClN3O. The molecule has 0 radical (unpaired) electrons. The van der Waals surface area contributed by atoms with Crippen molar-refractivity contribution in [3.63, 3.8) is 0 Å². The lowest BCUT2D eigenvalue weighted by Gasteiger charge is -2.08. The average molecular weight is 182 g/mol. The Labute approximate surface area is 72.9 Å². The van der Waals surface area contributed by atoms with Crippen molar-refractivity contribution in [1.29, 1.82) is 0 Å². The van der Waals surface area contributed by atoms with Gasteiger partial charge in [-0.1, -0.05) is 0 Å². The molecule has 0 aliphatic heterocycles. The van der Waals surface area contributed by atoms with Crippen molar-refractivity contribution < 1.29 is 4.79 Å². The van der Waals surface area contributed by atoms with E-state index in [1.165, 1.54) is 0 Å². The second kappa shape index (κ2) is 6.39. The van der Waals surface area contributed by atoms with E-state index in [2.05, 4.69) is 0 Å². The Morgan fingerprint density at radius 3 is 2.09 bits per heavy atom. The molecule has 0 aromatic carbocycles. The Morgan fingerprint density at radius 2 is 1.82 bits per heavy atom. The summed E-state index contributed by atoms with van der Waals surface area (Å²) >= 11 is 0. The lowest BCUT2D eigenvalue weighted by Crippen LogP contribution is -2.37. The fraction of sp³-hybridized carbons (Fsp3) is 0.833. The second-order valence-electron chi connectivity index (χ2n) is 2.56. The third kappa shape index (κ3) is 7.58. The topological polar surface area (TPSA) is 95.1 Å². The largest absolute Gasteiger partial charge is 0.368 e. The maximum atomic E-state index is 10.4. The van der Waals surface area contributed by atoms with E-state index in [0.717, 1.165) is 6.42 Å². The highest BCUT2D eigenvalue weighted by Crippen LogP contribution is 1.96. The van der Waals surface area contributed by atoms with Crippen LogP contribution < -0.4 is 17.2 Å². The van der Waals surface area contributed by atoms with Crippen LogP contribution in [0.5, 0.6) is 0 Å². The molecule has 5 heteroatoms. The Hall–Kier alpha value is -0.320. The number of carbonyl (C=O) groups is 1. The number of rotatable bonds is 4. The van der Waals surface area contributed by atoms with E-state index in [0.29, 0.717) is 6.42 Å². The molecule has 0 fully saturated rings. The van der Waals surface area contributed by atoms with E-state index in [-0.39, 0.29) is 18.4 Å². The van der Waals surface area contributed by atoms with E-state index in [9.17, 15) is 4.79 Å². The molecule has 11 heavy (non-hydrogen) atoms. The number of primary amides is 1. The molecule has 0 bridgehead atoms. The highest BCUT2D eigenvalue weighted by molar-refractivity contribution is 5.85. The molecule has 0 rings (SSSR count). The van der Waals surface area contributed by atoms with Crippen molar-refractivity contribution in [2.45, 2.75) is 31.8 Å². The normalized spacial score (nSPS) is 14.8. The smallest absolute Gasteiger partial charge is 0.234 e. The fourth-order valence-electron chi connectivity index (χ4n) is 0.585. The van der Waals surface area contributed by atoms with Gasteiger partial charge < -0.3 is 17.2 Å². The van der Waals surface area contributed by atoms with Crippen LogP contribution in [-0.4, -0.2) is 18.0 Å². The molecule has 0 spiro atoms. The van der Waals surface area contributed by atoms with Gasteiger partial charge in [-0.15, -0.1) is 12.4 Å². The lowest BCUT2D eigenvalue weighted by molar-refractivity contribution is -0.119. The SMILES string of the molecule is CC(N)CC[C@H](N)C(N)=O.Cl. The van der Waals surface area contributed by atoms with Crippen LogP contribution in [-0.2, 0) is 4.79 Å². The van der Waals surface area contributed by atoms with Crippen LogP contribution >= 0.6 is 12.4 Å². The van der Waals surface area contributed by atoms with Gasteiger partial charge >= 0.3 is 0 Å². The first-order valence-corrected chi connectivity index (χ1v) is 3.34. The first kappa shape index (κ1) is 13.3. The molecule has 6 N–H and O–H groups in total. The number of hydrogen-bond acceptors (Lipinski definition) is 3. The van der Waals surface area contributed by atoms with Crippen molar-refractivity contribution in [2.75, 3.05) is 0 Å². The molecule has 1 unspecified atom stereocenters. The molecule has 1 amide bonds. The van der Waals surface area contributed by atoms with Crippen LogP contribution in [0.2, 0.25) is 0 Å². The van der Waals surface area contributed by atoms with E-state index < -0.39 is 11.9 Å². The van der Waals surface area contributed by atoms with Crippen LogP contribution in [0.3, 0.4) is 0 Å². The maximum absolute atomic E-state index is 10.4. The van der Waals surface area contributed by atoms with Gasteiger partial charge in [-0.3, -0.25) is 4.79 Å². The summed E-state index contributed by atoms with van der Waals surface area (Å²) in [6.07, 6.45) is 1.32. The van der Waals surface area contributed by atoms with E-state index in [1.54, 1.807) is 0 Å². The summed E-state index contributed by atoms with van der Waals surface area (Å²) in [5.74, 6) is -0.458. The Kier molecular flexibility index (Phi) is 7.72. The Bertz CT molecular complexity index is 118. The number of nitrogens with two attached hydrogens (primary N) is 3. The van der Waals surface area contributed by atoms with Crippen LogP contribution in [0, 0.1) is 0 Å². The van der Waals surface area contributed by atoms with Gasteiger partial charge in [-0.05, 0) is 19.8 Å². The maximum Gasteiger partial charge on any atom is 0.234 e. The summed E-state index contributed by atoms with van der Waals surface area (Å²) in [7, 11) is 0. The minimum absolute atomic E-state index is 0. The molecule has 0 aromatic rings. The van der Waals surface area contributed by atoms with Gasteiger partial charge in [0.05, 0.1) is 6.04 Å². The molecule has 2 atom stereocenters. The van der Waals surface area contributed by atoms with Crippen LogP contribution in [0.4, 0.5) is 0 Å². The first-order valence-electron chi connectivity index (χ1n) is 3.34. The van der Waals surface area contributed by atoms with E-state index >= 15 is 0 Å². The molecule has 0 aromatic heterocycles. The van der Waals surface area contributed by atoms with Crippen LogP contribution in [0.25, 0.3) is 0 Å². The number of hydrogen-bond donors (Lipinski definition) is 3. The summed E-state index contributed by atoms with van der Waals surface area (Å²) in [5.41, 5.74) is 15.7. The number of amides is 1. The van der Waals surface area contributed by atoms with Crippen molar-refractivity contribution in [3.05, 3.63) is 0 Å². The van der Waals surface area contributed by atoms with Crippen molar-refractivity contribution in [3.8, 4) is 0 Å². The second-order valence-corrected chi connectivity index (χ2v) is 2.56. The molecule has 0 aliphatic rings. The molecule has 68 valence electrons. The molecule has 0 saturated heterocycles. The van der Waals surface area contributed by atoms with Crippen molar-refractivity contribution in [2.24, 2.45) is 17.2 Å². The zero-order valence-electron chi connectivity index (χ0n) is 6.62. The first-order chi connectivity index (χ1) is 4.54.